The van der Waals surface area contributed by atoms with Gasteiger partial charge in [-0.1, -0.05) is 29.8 Å². The van der Waals surface area contributed by atoms with Crippen molar-refractivity contribution in [3.8, 4) is 0 Å². The molecule has 2 aromatic carbocycles. The van der Waals surface area contributed by atoms with Gasteiger partial charge in [-0.3, -0.25) is 0 Å². The second-order valence-electron chi connectivity index (χ2n) is 5.45. The van der Waals surface area contributed by atoms with Crippen LogP contribution in [0, 0.1) is 0 Å². The molecule has 3 N–H and O–H groups in total. The molecule has 1 atom stereocenters. The second-order valence-corrected chi connectivity index (χ2v) is 7.54. The van der Waals surface area contributed by atoms with Crippen molar-refractivity contribution in [3.05, 3.63) is 58.6 Å². The first-order valence-electron chi connectivity index (χ1n) is 7.12. The van der Waals surface area contributed by atoms with Gasteiger partial charge in [0.1, 0.15) is 4.90 Å². The topological polar surface area (TPSA) is 72.2 Å². The third-order valence-corrected chi connectivity index (χ3v) is 5.88. The minimum atomic E-state index is -3.66. The van der Waals surface area contributed by atoms with Crippen LogP contribution in [0.5, 0.6) is 0 Å². The van der Waals surface area contributed by atoms with E-state index in [1.165, 1.54) is 6.07 Å². The molecular weight excluding hydrogens is 320 g/mol. The first-order chi connectivity index (χ1) is 10.5. The van der Waals surface area contributed by atoms with Gasteiger partial charge in [0.05, 0.1) is 5.02 Å². The van der Waals surface area contributed by atoms with Crippen LogP contribution < -0.4 is 10.5 Å². The average molecular weight is 337 g/mol. The SMILES string of the molecule is Nc1ccc2c(c1)CCCC2NS(=O)(=O)c1ccccc1Cl. The number of rotatable bonds is 3. The zero-order valence-corrected chi connectivity index (χ0v) is 13.5. The third kappa shape index (κ3) is 2.97. The maximum atomic E-state index is 12.6. The fourth-order valence-corrected chi connectivity index (χ4v) is 4.64. The van der Waals surface area contributed by atoms with E-state index < -0.39 is 10.0 Å². The largest absolute Gasteiger partial charge is 0.399 e. The summed E-state index contributed by atoms with van der Waals surface area (Å²) >= 11 is 6.01. The predicted molar refractivity (Wildman–Crippen MR) is 88.3 cm³/mol. The maximum absolute atomic E-state index is 12.6. The Hall–Kier alpha value is -1.56. The minimum absolute atomic E-state index is 0.110. The third-order valence-electron chi connectivity index (χ3n) is 3.90. The van der Waals surface area contributed by atoms with E-state index in [1.54, 1.807) is 24.3 Å². The highest BCUT2D eigenvalue weighted by Crippen LogP contribution is 2.32. The first-order valence-corrected chi connectivity index (χ1v) is 8.98. The standard InChI is InChI=1S/C16H17ClN2O2S/c17-14-5-1-2-7-16(14)22(20,21)19-15-6-3-4-11-10-12(18)8-9-13(11)15/h1-2,5,7-10,15,19H,3-4,6,18H2. The minimum Gasteiger partial charge on any atom is -0.399 e. The number of sulfonamides is 1. The van der Waals surface area contributed by atoms with Crippen molar-refractivity contribution in [2.45, 2.75) is 30.2 Å². The molecule has 2 aromatic rings. The summed E-state index contributed by atoms with van der Waals surface area (Å²) in [6.07, 6.45) is 2.61. The smallest absolute Gasteiger partial charge is 0.242 e. The van der Waals surface area contributed by atoms with E-state index >= 15 is 0 Å². The Bertz CT molecular complexity index is 806. The number of fused-ring (bicyclic) bond motifs is 1. The molecule has 4 nitrogen and oxygen atoms in total. The fraction of sp³-hybridized carbons (Fsp3) is 0.250. The van der Waals surface area contributed by atoms with Crippen LogP contribution in [-0.2, 0) is 16.4 Å². The molecule has 0 bridgehead atoms. The van der Waals surface area contributed by atoms with E-state index in [0.29, 0.717) is 5.69 Å². The van der Waals surface area contributed by atoms with Crippen molar-refractivity contribution in [1.82, 2.24) is 4.72 Å². The van der Waals surface area contributed by atoms with E-state index in [2.05, 4.69) is 4.72 Å². The molecule has 0 aromatic heterocycles. The summed E-state index contributed by atoms with van der Waals surface area (Å²) in [6.45, 7) is 0. The van der Waals surface area contributed by atoms with E-state index in [-0.39, 0.29) is 16.0 Å². The van der Waals surface area contributed by atoms with Crippen LogP contribution in [-0.4, -0.2) is 8.42 Å². The second kappa shape index (κ2) is 5.91. The first kappa shape index (κ1) is 15.3. The van der Waals surface area contributed by atoms with Gasteiger partial charge in [-0.15, -0.1) is 0 Å². The summed E-state index contributed by atoms with van der Waals surface area (Å²) in [5, 5.41) is 0.225. The molecule has 3 rings (SSSR count). The lowest BCUT2D eigenvalue weighted by molar-refractivity contribution is 0.507. The Labute approximate surface area is 135 Å². The highest BCUT2D eigenvalue weighted by atomic mass is 35.5. The lowest BCUT2D eigenvalue weighted by atomic mass is 9.88. The molecule has 0 saturated carbocycles. The molecule has 0 heterocycles. The number of aryl methyl sites for hydroxylation is 1. The highest BCUT2D eigenvalue weighted by molar-refractivity contribution is 7.89. The van der Waals surface area contributed by atoms with Crippen LogP contribution in [0.25, 0.3) is 0 Å². The molecule has 0 fully saturated rings. The lowest BCUT2D eigenvalue weighted by Crippen LogP contribution is -2.31. The van der Waals surface area contributed by atoms with Crippen molar-refractivity contribution < 1.29 is 8.42 Å². The van der Waals surface area contributed by atoms with E-state index in [1.807, 2.05) is 12.1 Å². The molecule has 116 valence electrons. The van der Waals surface area contributed by atoms with E-state index in [9.17, 15) is 8.42 Å². The quantitative estimate of drug-likeness (QED) is 0.845. The number of nitrogen functional groups attached to an aromatic ring is 1. The van der Waals surface area contributed by atoms with Gasteiger partial charge in [0.25, 0.3) is 0 Å². The van der Waals surface area contributed by atoms with Crippen LogP contribution in [0.15, 0.2) is 47.4 Å². The van der Waals surface area contributed by atoms with Gasteiger partial charge in [0, 0.05) is 11.7 Å². The zero-order chi connectivity index (χ0) is 15.7. The van der Waals surface area contributed by atoms with Crippen molar-refractivity contribution in [2.75, 3.05) is 5.73 Å². The molecule has 0 saturated heterocycles. The molecule has 1 aliphatic carbocycles. The van der Waals surface area contributed by atoms with Crippen LogP contribution in [0.3, 0.4) is 0 Å². The normalized spacial score (nSPS) is 18.0. The highest BCUT2D eigenvalue weighted by Gasteiger charge is 2.26. The Morgan fingerprint density at radius 3 is 2.73 bits per heavy atom. The Kier molecular flexibility index (Phi) is 4.12. The fourth-order valence-electron chi connectivity index (χ4n) is 2.87. The Morgan fingerprint density at radius 2 is 1.95 bits per heavy atom. The summed E-state index contributed by atoms with van der Waals surface area (Å²) < 4.78 is 27.9. The van der Waals surface area contributed by atoms with Gasteiger partial charge in [-0.25, -0.2) is 13.1 Å². The van der Waals surface area contributed by atoms with Crippen molar-refractivity contribution in [2.24, 2.45) is 0 Å². The lowest BCUT2D eigenvalue weighted by Gasteiger charge is -2.26. The molecule has 0 amide bonds. The van der Waals surface area contributed by atoms with Crippen molar-refractivity contribution >= 4 is 27.3 Å². The number of halogens is 1. The van der Waals surface area contributed by atoms with Crippen LogP contribution in [0.2, 0.25) is 5.02 Å². The number of hydrogen-bond acceptors (Lipinski definition) is 3. The van der Waals surface area contributed by atoms with Crippen molar-refractivity contribution in [3.63, 3.8) is 0 Å². The van der Waals surface area contributed by atoms with E-state index in [0.717, 1.165) is 30.4 Å². The predicted octanol–water partition coefficient (Wildman–Crippen LogP) is 3.28. The molecule has 0 radical (unpaired) electrons. The Morgan fingerprint density at radius 1 is 1.18 bits per heavy atom. The maximum Gasteiger partial charge on any atom is 0.242 e. The van der Waals surface area contributed by atoms with Gasteiger partial charge in [0.15, 0.2) is 0 Å². The van der Waals surface area contributed by atoms with Crippen LogP contribution in [0.1, 0.15) is 30.0 Å². The van der Waals surface area contributed by atoms with Gasteiger partial charge in [-0.2, -0.15) is 0 Å². The molecule has 22 heavy (non-hydrogen) atoms. The molecular formula is C16H17ClN2O2S. The van der Waals surface area contributed by atoms with Gasteiger partial charge >= 0.3 is 0 Å². The van der Waals surface area contributed by atoms with Crippen LogP contribution in [0.4, 0.5) is 5.69 Å². The number of anilines is 1. The number of nitrogens with two attached hydrogens (primary N) is 1. The zero-order valence-electron chi connectivity index (χ0n) is 11.9. The number of nitrogens with one attached hydrogen (secondary N) is 1. The van der Waals surface area contributed by atoms with Gasteiger partial charge < -0.3 is 5.73 Å². The Balaban J connectivity index is 1.93. The summed E-state index contributed by atoms with van der Waals surface area (Å²) in [4.78, 5) is 0.110. The number of benzene rings is 2. The van der Waals surface area contributed by atoms with Crippen molar-refractivity contribution in [1.29, 1.82) is 0 Å². The summed E-state index contributed by atoms with van der Waals surface area (Å²) in [5.74, 6) is 0. The van der Waals surface area contributed by atoms with Gasteiger partial charge in [0.2, 0.25) is 10.0 Å². The average Bonchev–Trinajstić information content (AvgIpc) is 2.47. The summed E-state index contributed by atoms with van der Waals surface area (Å²) in [7, 11) is -3.66. The van der Waals surface area contributed by atoms with E-state index in [4.69, 9.17) is 17.3 Å². The summed E-state index contributed by atoms with van der Waals surface area (Å²) in [6, 6.07) is 11.8. The number of hydrogen-bond donors (Lipinski definition) is 2. The monoisotopic (exact) mass is 336 g/mol. The van der Waals surface area contributed by atoms with Gasteiger partial charge in [-0.05, 0) is 54.7 Å². The van der Waals surface area contributed by atoms with Crippen LogP contribution >= 0.6 is 11.6 Å². The summed E-state index contributed by atoms with van der Waals surface area (Å²) in [5.41, 5.74) is 8.62. The molecule has 1 aliphatic rings. The molecule has 1 unspecified atom stereocenters. The molecule has 6 heteroatoms. The molecule has 0 spiro atoms. The molecule has 0 aliphatic heterocycles.